The first-order valence-corrected chi connectivity index (χ1v) is 10.6. The van der Waals surface area contributed by atoms with Gasteiger partial charge in [-0.05, 0) is 49.7 Å². The van der Waals surface area contributed by atoms with Crippen molar-refractivity contribution in [3.05, 3.63) is 95.0 Å². The largest absolute Gasteiger partial charge is 0.493 e. The Bertz CT molecular complexity index is 1220. The maximum Gasteiger partial charge on any atom is 0.251 e. The highest BCUT2D eigenvalue weighted by Crippen LogP contribution is 2.32. The minimum Gasteiger partial charge on any atom is -0.493 e. The highest BCUT2D eigenvalue weighted by molar-refractivity contribution is 6.30. The fourth-order valence-electron chi connectivity index (χ4n) is 3.51. The predicted molar refractivity (Wildman–Crippen MR) is 126 cm³/mol. The lowest BCUT2D eigenvalue weighted by molar-refractivity contribution is 0.0940. The van der Waals surface area contributed by atoms with E-state index in [0.717, 1.165) is 27.7 Å². The van der Waals surface area contributed by atoms with Gasteiger partial charge in [0.2, 0.25) is 0 Å². The van der Waals surface area contributed by atoms with Crippen molar-refractivity contribution in [2.75, 3.05) is 6.61 Å². The van der Waals surface area contributed by atoms with E-state index in [1.54, 1.807) is 6.07 Å². The second-order valence-corrected chi connectivity index (χ2v) is 7.72. The van der Waals surface area contributed by atoms with E-state index in [1.165, 1.54) is 0 Å². The molecule has 0 fully saturated rings. The summed E-state index contributed by atoms with van der Waals surface area (Å²) in [6.45, 7) is 4.41. The van der Waals surface area contributed by atoms with Crippen molar-refractivity contribution >= 4 is 28.4 Å². The molecule has 1 N–H and O–H groups in total. The number of nitrogens with one attached hydrogen (secondary N) is 1. The number of halogens is 1. The summed E-state index contributed by atoms with van der Waals surface area (Å²) in [6.07, 6.45) is 0. The van der Waals surface area contributed by atoms with E-state index in [9.17, 15) is 4.79 Å². The number of carbonyl (C=O) groups excluding carboxylic acids is 1. The van der Waals surface area contributed by atoms with E-state index in [1.807, 2.05) is 86.6 Å². The SMILES string of the molecule is CCOc1cc(-c2cccc(Cl)c2)nc2ccc(C(=O)N[C@H](C)c3ccccc3)cc12. The van der Waals surface area contributed by atoms with Gasteiger partial charge in [0.05, 0.1) is 23.9 Å². The minimum absolute atomic E-state index is 0.0981. The van der Waals surface area contributed by atoms with Gasteiger partial charge in [-0.2, -0.15) is 0 Å². The molecule has 5 heteroatoms. The summed E-state index contributed by atoms with van der Waals surface area (Å²) in [4.78, 5) is 17.6. The molecule has 1 aromatic heterocycles. The van der Waals surface area contributed by atoms with E-state index in [0.29, 0.717) is 22.9 Å². The Kier molecular flexibility index (Phi) is 6.19. The van der Waals surface area contributed by atoms with Crippen LogP contribution in [0.25, 0.3) is 22.2 Å². The van der Waals surface area contributed by atoms with Gasteiger partial charge in [0.15, 0.2) is 0 Å². The summed E-state index contributed by atoms with van der Waals surface area (Å²) < 4.78 is 5.89. The quantitative estimate of drug-likeness (QED) is 0.382. The number of aromatic nitrogens is 1. The molecule has 0 radical (unpaired) electrons. The first-order valence-electron chi connectivity index (χ1n) is 10.2. The van der Waals surface area contributed by atoms with Gasteiger partial charge in [0.1, 0.15) is 5.75 Å². The van der Waals surface area contributed by atoms with Crippen LogP contribution in [0.2, 0.25) is 5.02 Å². The van der Waals surface area contributed by atoms with E-state index in [2.05, 4.69) is 5.32 Å². The van der Waals surface area contributed by atoms with Crippen LogP contribution in [0.4, 0.5) is 0 Å². The molecule has 0 saturated heterocycles. The lowest BCUT2D eigenvalue weighted by atomic mass is 10.0. The maximum absolute atomic E-state index is 12.9. The van der Waals surface area contributed by atoms with Gasteiger partial charge in [-0.3, -0.25) is 4.79 Å². The molecule has 156 valence electrons. The number of carbonyl (C=O) groups is 1. The third kappa shape index (κ3) is 4.70. The van der Waals surface area contributed by atoms with Crippen LogP contribution in [-0.4, -0.2) is 17.5 Å². The summed E-state index contributed by atoms with van der Waals surface area (Å²) in [5.41, 5.74) is 4.06. The number of rotatable bonds is 6. The van der Waals surface area contributed by atoms with Crippen molar-refractivity contribution in [2.24, 2.45) is 0 Å². The summed E-state index contributed by atoms with van der Waals surface area (Å²) in [5.74, 6) is 0.549. The molecule has 31 heavy (non-hydrogen) atoms. The van der Waals surface area contributed by atoms with E-state index < -0.39 is 0 Å². The van der Waals surface area contributed by atoms with Gasteiger partial charge < -0.3 is 10.1 Å². The molecule has 0 aliphatic heterocycles. The lowest BCUT2D eigenvalue weighted by Crippen LogP contribution is -2.26. The standard InChI is InChI=1S/C26H23ClN2O2/c1-3-31-25-16-24(19-10-7-11-21(27)14-19)29-23-13-12-20(15-22(23)25)26(30)28-17(2)18-8-5-4-6-9-18/h4-17H,3H2,1-2H3,(H,28,30)/t17-/m1/s1. The maximum atomic E-state index is 12.9. The van der Waals surface area contributed by atoms with Gasteiger partial charge >= 0.3 is 0 Å². The summed E-state index contributed by atoms with van der Waals surface area (Å²) in [5, 5.41) is 4.51. The minimum atomic E-state index is -0.139. The number of hydrogen-bond acceptors (Lipinski definition) is 3. The fourth-order valence-corrected chi connectivity index (χ4v) is 3.70. The molecule has 0 unspecified atom stereocenters. The summed E-state index contributed by atoms with van der Waals surface area (Å²) in [7, 11) is 0. The van der Waals surface area contributed by atoms with Crippen LogP contribution < -0.4 is 10.1 Å². The molecule has 4 aromatic rings. The second-order valence-electron chi connectivity index (χ2n) is 7.29. The zero-order valence-electron chi connectivity index (χ0n) is 17.4. The van der Waals surface area contributed by atoms with E-state index >= 15 is 0 Å². The molecule has 1 atom stereocenters. The Balaban J connectivity index is 1.68. The second kappa shape index (κ2) is 9.19. The van der Waals surface area contributed by atoms with Crippen molar-refractivity contribution in [1.29, 1.82) is 0 Å². The van der Waals surface area contributed by atoms with Crippen molar-refractivity contribution in [1.82, 2.24) is 10.3 Å². The average molecular weight is 431 g/mol. The third-order valence-electron chi connectivity index (χ3n) is 5.10. The van der Waals surface area contributed by atoms with Gasteiger partial charge in [0, 0.05) is 27.6 Å². The van der Waals surface area contributed by atoms with Crippen molar-refractivity contribution in [2.45, 2.75) is 19.9 Å². The lowest BCUT2D eigenvalue weighted by Gasteiger charge is -2.15. The Labute approximate surface area is 186 Å². The smallest absolute Gasteiger partial charge is 0.251 e. The van der Waals surface area contributed by atoms with Crippen LogP contribution in [0, 0.1) is 0 Å². The molecular formula is C26H23ClN2O2. The van der Waals surface area contributed by atoms with E-state index in [-0.39, 0.29) is 11.9 Å². The van der Waals surface area contributed by atoms with Crippen LogP contribution in [0.1, 0.15) is 35.8 Å². The molecule has 0 spiro atoms. The Hall–Kier alpha value is -3.37. The first kappa shape index (κ1) is 20.9. The zero-order chi connectivity index (χ0) is 21.8. The third-order valence-corrected chi connectivity index (χ3v) is 5.34. The fraction of sp³-hybridized carbons (Fsp3) is 0.154. The molecule has 1 amide bonds. The average Bonchev–Trinajstić information content (AvgIpc) is 2.79. The number of hydrogen-bond donors (Lipinski definition) is 1. The number of fused-ring (bicyclic) bond motifs is 1. The van der Waals surface area contributed by atoms with E-state index in [4.69, 9.17) is 21.3 Å². The molecule has 4 nitrogen and oxygen atoms in total. The monoisotopic (exact) mass is 430 g/mol. The van der Waals surface area contributed by atoms with Gasteiger partial charge in [0.25, 0.3) is 5.91 Å². The molecule has 0 bridgehead atoms. The molecular weight excluding hydrogens is 408 g/mol. The van der Waals surface area contributed by atoms with Crippen molar-refractivity contribution in [3.8, 4) is 17.0 Å². The molecule has 0 saturated carbocycles. The number of nitrogens with zero attached hydrogens (tertiary/aromatic N) is 1. The van der Waals surface area contributed by atoms with Crippen LogP contribution >= 0.6 is 11.6 Å². The number of ether oxygens (including phenoxy) is 1. The Morgan fingerprint density at radius 3 is 2.58 bits per heavy atom. The first-order chi connectivity index (χ1) is 15.0. The zero-order valence-corrected chi connectivity index (χ0v) is 18.2. The number of amides is 1. The number of pyridine rings is 1. The van der Waals surface area contributed by atoms with Gasteiger partial charge in [-0.15, -0.1) is 0 Å². The van der Waals surface area contributed by atoms with Gasteiger partial charge in [-0.25, -0.2) is 4.98 Å². The summed E-state index contributed by atoms with van der Waals surface area (Å²) >= 11 is 6.15. The van der Waals surface area contributed by atoms with Crippen LogP contribution in [-0.2, 0) is 0 Å². The van der Waals surface area contributed by atoms with Crippen LogP contribution in [0.3, 0.4) is 0 Å². The predicted octanol–water partition coefficient (Wildman–Crippen LogP) is 6.44. The molecule has 0 aliphatic rings. The topological polar surface area (TPSA) is 51.2 Å². The molecule has 0 aliphatic carbocycles. The molecule has 1 heterocycles. The van der Waals surface area contributed by atoms with Crippen molar-refractivity contribution in [3.63, 3.8) is 0 Å². The Morgan fingerprint density at radius 2 is 1.84 bits per heavy atom. The number of benzene rings is 3. The van der Waals surface area contributed by atoms with Crippen LogP contribution in [0.15, 0.2) is 78.9 Å². The molecule has 4 rings (SSSR count). The highest BCUT2D eigenvalue weighted by Gasteiger charge is 2.15. The van der Waals surface area contributed by atoms with Crippen molar-refractivity contribution < 1.29 is 9.53 Å². The van der Waals surface area contributed by atoms with Crippen LogP contribution in [0.5, 0.6) is 5.75 Å². The summed E-state index contributed by atoms with van der Waals surface area (Å²) in [6, 6.07) is 24.7. The highest BCUT2D eigenvalue weighted by atomic mass is 35.5. The normalized spacial score (nSPS) is 11.8. The Morgan fingerprint density at radius 1 is 1.03 bits per heavy atom. The molecule has 3 aromatic carbocycles. The van der Waals surface area contributed by atoms with Gasteiger partial charge in [-0.1, -0.05) is 54.1 Å².